The van der Waals surface area contributed by atoms with Crippen LogP contribution in [0.1, 0.15) is 54.5 Å². The zero-order valence-electron chi connectivity index (χ0n) is 16.9. The molecule has 1 aromatic heterocycles. The van der Waals surface area contributed by atoms with Crippen molar-refractivity contribution in [2.24, 2.45) is 0 Å². The molecule has 0 radical (unpaired) electrons. The van der Waals surface area contributed by atoms with Crippen LogP contribution < -0.4 is 16.0 Å². The molecule has 2 fully saturated rings. The van der Waals surface area contributed by atoms with Gasteiger partial charge in [-0.3, -0.25) is 9.59 Å². The summed E-state index contributed by atoms with van der Waals surface area (Å²) in [5.41, 5.74) is 1.77. The van der Waals surface area contributed by atoms with Crippen LogP contribution in [0.15, 0.2) is 24.4 Å². The van der Waals surface area contributed by atoms with Gasteiger partial charge in [-0.05, 0) is 48.9 Å². The maximum atomic E-state index is 13.4. The Morgan fingerprint density at radius 1 is 1.22 bits per heavy atom. The standard InChI is InChI=1S/C21H21F3N6O2/c22-21(23,24)15-8-26-20(29-19(15)27-11-2-1-3-11)28-12-4-5-13-14(6-12)17-7-16(13)30(17)18(32)9-25-10-31/h4-6,8,10-11,16-17H,1-3,7,9H2,(H,25,31)(H2,26,27,28,29). The predicted molar refractivity (Wildman–Crippen MR) is 109 cm³/mol. The van der Waals surface area contributed by atoms with E-state index >= 15 is 0 Å². The van der Waals surface area contributed by atoms with Crippen LogP contribution in [-0.4, -0.2) is 39.8 Å². The molecular formula is C21H21F3N6O2. The second-order valence-corrected chi connectivity index (χ2v) is 8.26. The molecule has 11 heteroatoms. The molecule has 3 heterocycles. The van der Waals surface area contributed by atoms with E-state index in [1.54, 1.807) is 11.0 Å². The number of alkyl halides is 3. The van der Waals surface area contributed by atoms with E-state index in [4.69, 9.17) is 0 Å². The molecule has 3 N–H and O–H groups in total. The van der Waals surface area contributed by atoms with Crippen LogP contribution in [0.4, 0.5) is 30.6 Å². The Morgan fingerprint density at radius 2 is 2.00 bits per heavy atom. The van der Waals surface area contributed by atoms with Gasteiger partial charge in [0.05, 0.1) is 18.6 Å². The minimum atomic E-state index is -4.55. The maximum Gasteiger partial charge on any atom is 0.421 e. The quantitative estimate of drug-likeness (QED) is 0.565. The van der Waals surface area contributed by atoms with Crippen LogP contribution in [-0.2, 0) is 15.8 Å². The van der Waals surface area contributed by atoms with Gasteiger partial charge in [-0.2, -0.15) is 18.2 Å². The number of hydrogen-bond donors (Lipinski definition) is 3. The highest BCUT2D eigenvalue weighted by molar-refractivity contribution is 5.83. The smallest absolute Gasteiger partial charge is 0.367 e. The van der Waals surface area contributed by atoms with Gasteiger partial charge in [0.15, 0.2) is 0 Å². The van der Waals surface area contributed by atoms with E-state index in [1.165, 1.54) is 0 Å². The molecule has 2 bridgehead atoms. The number of halogens is 3. The Kier molecular flexibility index (Phi) is 4.90. The van der Waals surface area contributed by atoms with Crippen molar-refractivity contribution in [1.29, 1.82) is 0 Å². The molecule has 32 heavy (non-hydrogen) atoms. The normalized spacial score (nSPS) is 21.3. The van der Waals surface area contributed by atoms with Gasteiger partial charge in [-0.25, -0.2) is 4.98 Å². The van der Waals surface area contributed by atoms with E-state index in [0.717, 1.165) is 43.0 Å². The molecule has 2 aliphatic heterocycles. The SMILES string of the molecule is O=CNCC(=O)N1C2CC1c1cc(Nc3ncc(C(F)(F)F)c(NC4CCC4)n3)ccc12. The monoisotopic (exact) mass is 446 g/mol. The summed E-state index contributed by atoms with van der Waals surface area (Å²) in [6, 6.07) is 5.49. The van der Waals surface area contributed by atoms with Gasteiger partial charge in [0.2, 0.25) is 18.3 Å². The van der Waals surface area contributed by atoms with E-state index < -0.39 is 11.7 Å². The van der Waals surface area contributed by atoms with Crippen molar-refractivity contribution in [2.75, 3.05) is 17.2 Å². The first kappa shape index (κ1) is 20.5. The lowest BCUT2D eigenvalue weighted by Gasteiger charge is -2.41. The highest BCUT2D eigenvalue weighted by Gasteiger charge is 2.51. The van der Waals surface area contributed by atoms with Crippen LogP contribution >= 0.6 is 0 Å². The number of hydrogen-bond acceptors (Lipinski definition) is 6. The molecule has 2 amide bonds. The zero-order chi connectivity index (χ0) is 22.5. The van der Waals surface area contributed by atoms with Gasteiger partial charge in [0, 0.05) is 17.9 Å². The number of carbonyl (C=O) groups excluding carboxylic acids is 2. The lowest BCUT2D eigenvalue weighted by Crippen LogP contribution is -2.45. The van der Waals surface area contributed by atoms with Gasteiger partial charge in [0.1, 0.15) is 11.4 Å². The third kappa shape index (κ3) is 3.51. The summed E-state index contributed by atoms with van der Waals surface area (Å²) in [7, 11) is 0. The van der Waals surface area contributed by atoms with Crippen LogP contribution in [0.25, 0.3) is 0 Å². The van der Waals surface area contributed by atoms with E-state index in [2.05, 4.69) is 25.9 Å². The predicted octanol–water partition coefficient (Wildman–Crippen LogP) is 3.28. The summed E-state index contributed by atoms with van der Waals surface area (Å²) in [5.74, 6) is -0.308. The largest absolute Gasteiger partial charge is 0.421 e. The molecule has 2 atom stereocenters. The Balaban J connectivity index is 1.35. The number of amides is 2. The summed E-state index contributed by atoms with van der Waals surface area (Å²) < 4.78 is 40.1. The molecule has 1 aromatic carbocycles. The van der Waals surface area contributed by atoms with Gasteiger partial charge in [-0.1, -0.05) is 6.07 Å². The van der Waals surface area contributed by atoms with Crippen molar-refractivity contribution in [3.05, 3.63) is 41.1 Å². The van der Waals surface area contributed by atoms with Crippen LogP contribution in [0.5, 0.6) is 0 Å². The fourth-order valence-electron chi connectivity index (χ4n) is 4.52. The van der Waals surface area contributed by atoms with Crippen molar-refractivity contribution in [3.8, 4) is 0 Å². The molecule has 8 nitrogen and oxygen atoms in total. The number of nitrogens with one attached hydrogen (secondary N) is 3. The topological polar surface area (TPSA) is 99.3 Å². The van der Waals surface area contributed by atoms with Crippen LogP contribution in [0, 0.1) is 0 Å². The summed E-state index contributed by atoms with van der Waals surface area (Å²) >= 11 is 0. The first-order chi connectivity index (χ1) is 15.3. The molecule has 0 spiro atoms. The van der Waals surface area contributed by atoms with Crippen molar-refractivity contribution >= 4 is 29.8 Å². The number of nitrogens with zero attached hydrogens (tertiary/aromatic N) is 3. The Labute approximate surface area is 181 Å². The van der Waals surface area contributed by atoms with Crippen molar-refractivity contribution < 1.29 is 22.8 Å². The van der Waals surface area contributed by atoms with Crippen LogP contribution in [0.3, 0.4) is 0 Å². The second kappa shape index (κ2) is 7.64. The van der Waals surface area contributed by atoms with Gasteiger partial charge >= 0.3 is 6.18 Å². The third-order valence-electron chi connectivity index (χ3n) is 6.34. The lowest BCUT2D eigenvalue weighted by molar-refractivity contribution is -0.142. The highest BCUT2D eigenvalue weighted by atomic mass is 19.4. The number of rotatable bonds is 7. The first-order valence-corrected chi connectivity index (χ1v) is 10.4. The lowest BCUT2D eigenvalue weighted by atomic mass is 9.93. The Bertz CT molecular complexity index is 1070. The van der Waals surface area contributed by atoms with Gasteiger partial charge < -0.3 is 20.9 Å². The molecule has 2 aliphatic carbocycles. The molecule has 1 saturated heterocycles. The first-order valence-electron chi connectivity index (χ1n) is 10.4. The molecule has 2 unspecified atom stereocenters. The molecule has 2 aromatic rings. The number of benzene rings is 1. The highest BCUT2D eigenvalue weighted by Crippen LogP contribution is 2.57. The van der Waals surface area contributed by atoms with E-state index in [0.29, 0.717) is 12.1 Å². The number of aromatic nitrogens is 2. The Hall–Kier alpha value is -3.37. The molecule has 1 saturated carbocycles. The average Bonchev–Trinajstić information content (AvgIpc) is 3.21. The average molecular weight is 446 g/mol. The summed E-state index contributed by atoms with van der Waals surface area (Å²) in [4.78, 5) is 32.5. The number of anilines is 3. The molecular weight excluding hydrogens is 425 g/mol. The summed E-state index contributed by atoms with van der Waals surface area (Å²) in [6.45, 7) is -0.0498. The van der Waals surface area contributed by atoms with Crippen molar-refractivity contribution in [3.63, 3.8) is 0 Å². The van der Waals surface area contributed by atoms with Gasteiger partial charge in [-0.15, -0.1) is 0 Å². The summed E-state index contributed by atoms with van der Waals surface area (Å²) in [5, 5.41) is 8.26. The second-order valence-electron chi connectivity index (χ2n) is 8.26. The van der Waals surface area contributed by atoms with E-state index in [9.17, 15) is 22.8 Å². The molecule has 4 aliphatic rings. The molecule has 6 rings (SSSR count). The van der Waals surface area contributed by atoms with E-state index in [1.807, 2.05) is 12.1 Å². The Morgan fingerprint density at radius 3 is 2.69 bits per heavy atom. The molecule has 168 valence electrons. The fraction of sp³-hybridized carbons (Fsp3) is 0.429. The number of carbonyl (C=O) groups is 2. The van der Waals surface area contributed by atoms with Crippen LogP contribution in [0.2, 0.25) is 0 Å². The summed E-state index contributed by atoms with van der Waals surface area (Å²) in [6.07, 6.45) is 0.168. The van der Waals surface area contributed by atoms with E-state index in [-0.39, 0.29) is 42.3 Å². The van der Waals surface area contributed by atoms with Crippen molar-refractivity contribution in [1.82, 2.24) is 20.2 Å². The third-order valence-corrected chi connectivity index (χ3v) is 6.34. The minimum absolute atomic E-state index is 0.00870. The zero-order valence-corrected chi connectivity index (χ0v) is 16.9. The minimum Gasteiger partial charge on any atom is -0.367 e. The van der Waals surface area contributed by atoms with Gasteiger partial charge in [0.25, 0.3) is 0 Å². The maximum absolute atomic E-state index is 13.4. The fourth-order valence-corrected chi connectivity index (χ4v) is 4.52. The van der Waals surface area contributed by atoms with Crippen molar-refractivity contribution in [2.45, 2.75) is 50.0 Å².